The van der Waals surface area contributed by atoms with Crippen LogP contribution >= 0.6 is 0 Å². The molecule has 1 aromatic rings. The Kier molecular flexibility index (Phi) is 4.46. The Hall–Kier alpha value is -0.830. The number of H-pyrrole nitrogens is 1. The van der Waals surface area contributed by atoms with Gasteiger partial charge in [-0.1, -0.05) is 0 Å². The number of aryl methyl sites for hydroxylation is 1. The molecule has 0 atom stereocenters. The molecule has 0 amide bonds. The van der Waals surface area contributed by atoms with E-state index in [4.69, 9.17) is 4.74 Å². The highest BCUT2D eigenvalue weighted by atomic mass is 16.5. The van der Waals surface area contributed by atoms with Crippen molar-refractivity contribution in [2.45, 2.75) is 26.3 Å². The maximum Gasteiger partial charge on any atom is 0.241 e. The molecule has 0 aromatic carbocycles. The Morgan fingerprint density at radius 3 is 3.00 bits per heavy atom. The first-order valence-electron chi connectivity index (χ1n) is 4.53. The zero-order chi connectivity index (χ0) is 8.65. The highest BCUT2D eigenvalue weighted by Crippen LogP contribution is 1.89. The zero-order valence-corrected chi connectivity index (χ0v) is 7.62. The first-order chi connectivity index (χ1) is 5.93. The Balaban J connectivity index is 1.96. The molecule has 1 heterocycles. The van der Waals surface area contributed by atoms with Gasteiger partial charge in [0.05, 0.1) is 6.54 Å². The van der Waals surface area contributed by atoms with Crippen molar-refractivity contribution < 1.29 is 9.30 Å². The average Bonchev–Trinajstić information content (AvgIpc) is 2.57. The van der Waals surface area contributed by atoms with E-state index in [1.54, 1.807) is 0 Å². The molecular formula is C9H17N2O+. The summed E-state index contributed by atoms with van der Waals surface area (Å²) < 4.78 is 7.38. The van der Waals surface area contributed by atoms with Gasteiger partial charge >= 0.3 is 0 Å². The molecule has 1 N–H and O–H groups in total. The van der Waals surface area contributed by atoms with Crippen LogP contribution in [-0.4, -0.2) is 18.2 Å². The molecule has 3 heteroatoms. The van der Waals surface area contributed by atoms with Crippen molar-refractivity contribution in [2.75, 3.05) is 13.2 Å². The summed E-state index contributed by atoms with van der Waals surface area (Å²) in [5, 5.41) is 0. The number of unbranched alkanes of at least 4 members (excludes halogenated alkanes) is 1. The van der Waals surface area contributed by atoms with Gasteiger partial charge in [-0.05, 0) is 19.8 Å². The van der Waals surface area contributed by atoms with Crippen molar-refractivity contribution in [1.29, 1.82) is 0 Å². The molecule has 68 valence electrons. The normalized spacial score (nSPS) is 10.4. The molecule has 1 aromatic heterocycles. The smallest absolute Gasteiger partial charge is 0.241 e. The SMILES string of the molecule is CCOCCCC[n+]1cc[nH]c1. The summed E-state index contributed by atoms with van der Waals surface area (Å²) in [6.45, 7) is 4.83. The molecule has 0 aliphatic carbocycles. The van der Waals surface area contributed by atoms with Crippen LogP contribution in [-0.2, 0) is 11.3 Å². The minimum atomic E-state index is 0.831. The van der Waals surface area contributed by atoms with E-state index in [2.05, 4.69) is 9.55 Å². The standard InChI is InChI=1S/C9H16N2O/c1-2-12-8-4-3-6-11-7-5-10-9-11/h5,7,9H,2-4,6,8H2,1H3/p+1. The van der Waals surface area contributed by atoms with E-state index in [0.29, 0.717) is 0 Å². The molecule has 3 nitrogen and oxygen atoms in total. The molecule has 0 saturated carbocycles. The van der Waals surface area contributed by atoms with Crippen LogP contribution in [0.15, 0.2) is 18.7 Å². The monoisotopic (exact) mass is 169 g/mol. The summed E-state index contributed by atoms with van der Waals surface area (Å²) in [6.07, 6.45) is 8.28. The lowest BCUT2D eigenvalue weighted by Crippen LogP contribution is -2.30. The van der Waals surface area contributed by atoms with Crippen molar-refractivity contribution in [2.24, 2.45) is 0 Å². The third-order valence-corrected chi connectivity index (χ3v) is 1.76. The lowest BCUT2D eigenvalue weighted by Gasteiger charge is -1.98. The van der Waals surface area contributed by atoms with Crippen molar-refractivity contribution in [3.8, 4) is 0 Å². The third kappa shape index (κ3) is 3.53. The van der Waals surface area contributed by atoms with Gasteiger partial charge in [0.25, 0.3) is 0 Å². The lowest BCUT2D eigenvalue weighted by atomic mass is 10.3. The van der Waals surface area contributed by atoms with Crippen LogP contribution in [0.4, 0.5) is 0 Å². The van der Waals surface area contributed by atoms with Crippen LogP contribution < -0.4 is 4.57 Å². The van der Waals surface area contributed by atoms with E-state index in [1.807, 2.05) is 25.6 Å². The predicted molar refractivity (Wildman–Crippen MR) is 46.7 cm³/mol. The van der Waals surface area contributed by atoms with E-state index >= 15 is 0 Å². The van der Waals surface area contributed by atoms with Gasteiger partial charge in [0.15, 0.2) is 0 Å². The van der Waals surface area contributed by atoms with E-state index in [1.165, 1.54) is 6.42 Å². The fourth-order valence-electron chi connectivity index (χ4n) is 1.10. The van der Waals surface area contributed by atoms with Gasteiger partial charge in [0.1, 0.15) is 12.4 Å². The molecule has 0 aliphatic rings. The number of nitrogens with one attached hydrogen (secondary N) is 1. The highest BCUT2D eigenvalue weighted by molar-refractivity contribution is 4.55. The fraction of sp³-hybridized carbons (Fsp3) is 0.667. The quantitative estimate of drug-likeness (QED) is 0.502. The van der Waals surface area contributed by atoms with Gasteiger partial charge in [0, 0.05) is 13.2 Å². The molecule has 1 rings (SSSR count). The van der Waals surface area contributed by atoms with Crippen molar-refractivity contribution in [3.05, 3.63) is 18.7 Å². The number of aromatic nitrogens is 2. The summed E-state index contributed by atoms with van der Waals surface area (Å²) in [5.41, 5.74) is 0. The van der Waals surface area contributed by atoms with Crippen molar-refractivity contribution in [3.63, 3.8) is 0 Å². The second kappa shape index (κ2) is 5.77. The Labute approximate surface area is 73.4 Å². The van der Waals surface area contributed by atoms with Crippen LogP contribution in [0.5, 0.6) is 0 Å². The summed E-state index contributed by atoms with van der Waals surface area (Å²) in [4.78, 5) is 3.01. The number of nitrogens with zero attached hydrogens (tertiary/aromatic N) is 1. The van der Waals surface area contributed by atoms with Gasteiger partial charge in [-0.3, -0.25) is 4.98 Å². The van der Waals surface area contributed by atoms with Gasteiger partial charge in [-0.25, -0.2) is 4.57 Å². The molecule has 0 bridgehead atoms. The first-order valence-corrected chi connectivity index (χ1v) is 4.53. The minimum absolute atomic E-state index is 0.831. The van der Waals surface area contributed by atoms with Crippen molar-refractivity contribution >= 4 is 0 Å². The van der Waals surface area contributed by atoms with Crippen LogP contribution in [0.2, 0.25) is 0 Å². The maximum atomic E-state index is 5.24. The van der Waals surface area contributed by atoms with Gasteiger partial charge in [0.2, 0.25) is 6.33 Å². The summed E-state index contributed by atoms with van der Waals surface area (Å²) >= 11 is 0. The van der Waals surface area contributed by atoms with E-state index in [0.717, 1.165) is 26.2 Å². The maximum absolute atomic E-state index is 5.24. The van der Waals surface area contributed by atoms with E-state index in [9.17, 15) is 0 Å². The largest absolute Gasteiger partial charge is 0.382 e. The molecule has 0 spiro atoms. The number of rotatable bonds is 6. The number of hydrogen-bond acceptors (Lipinski definition) is 1. The second-order valence-electron chi connectivity index (χ2n) is 2.75. The van der Waals surface area contributed by atoms with Crippen LogP contribution in [0.25, 0.3) is 0 Å². The first kappa shape index (κ1) is 9.26. The minimum Gasteiger partial charge on any atom is -0.382 e. The Morgan fingerprint density at radius 2 is 2.33 bits per heavy atom. The molecule has 0 fully saturated rings. The highest BCUT2D eigenvalue weighted by Gasteiger charge is 1.95. The molecule has 12 heavy (non-hydrogen) atoms. The Bertz CT molecular complexity index is 184. The van der Waals surface area contributed by atoms with Crippen LogP contribution in [0.1, 0.15) is 19.8 Å². The topological polar surface area (TPSA) is 28.9 Å². The summed E-state index contributed by atoms with van der Waals surface area (Å²) in [6, 6.07) is 0. The second-order valence-corrected chi connectivity index (χ2v) is 2.75. The van der Waals surface area contributed by atoms with Gasteiger partial charge in [-0.2, -0.15) is 0 Å². The third-order valence-electron chi connectivity index (χ3n) is 1.76. The van der Waals surface area contributed by atoms with E-state index in [-0.39, 0.29) is 0 Å². The summed E-state index contributed by atoms with van der Waals surface area (Å²) in [7, 11) is 0. The number of ether oxygens (including phenoxy) is 1. The zero-order valence-electron chi connectivity index (χ0n) is 7.62. The number of aromatic amines is 1. The fourth-order valence-corrected chi connectivity index (χ4v) is 1.10. The lowest BCUT2D eigenvalue weighted by molar-refractivity contribution is -0.696. The van der Waals surface area contributed by atoms with Gasteiger partial charge in [-0.15, -0.1) is 0 Å². The molecule has 0 radical (unpaired) electrons. The molecule has 0 aliphatic heterocycles. The molecule has 0 unspecified atom stereocenters. The van der Waals surface area contributed by atoms with Crippen molar-refractivity contribution in [1.82, 2.24) is 4.98 Å². The van der Waals surface area contributed by atoms with E-state index < -0.39 is 0 Å². The van der Waals surface area contributed by atoms with Crippen LogP contribution in [0.3, 0.4) is 0 Å². The average molecular weight is 169 g/mol. The predicted octanol–water partition coefficient (Wildman–Crippen LogP) is 1.12. The number of hydrogen-bond donors (Lipinski definition) is 1. The Morgan fingerprint density at radius 1 is 1.42 bits per heavy atom. The molecular weight excluding hydrogens is 152 g/mol. The van der Waals surface area contributed by atoms with Crippen LogP contribution in [0, 0.1) is 0 Å². The summed E-state index contributed by atoms with van der Waals surface area (Å²) in [5.74, 6) is 0. The number of imidazole rings is 1. The molecule has 0 saturated heterocycles. The van der Waals surface area contributed by atoms with Gasteiger partial charge < -0.3 is 4.74 Å².